The molecule has 0 bridgehead atoms. The summed E-state index contributed by atoms with van der Waals surface area (Å²) in [6, 6.07) is 0. The fourth-order valence-corrected chi connectivity index (χ4v) is 2.22. The lowest BCUT2D eigenvalue weighted by molar-refractivity contribution is -0.158. The van der Waals surface area contributed by atoms with Gasteiger partial charge in [0.15, 0.2) is 0 Å². The van der Waals surface area contributed by atoms with Crippen LogP contribution in [0.4, 0.5) is 0 Å². The average Bonchev–Trinajstić information content (AvgIpc) is 2.37. The lowest BCUT2D eigenvalue weighted by atomic mass is 9.92. The van der Waals surface area contributed by atoms with Crippen molar-refractivity contribution < 1.29 is 9.53 Å². The van der Waals surface area contributed by atoms with Gasteiger partial charge in [-0.15, -0.1) is 6.58 Å². The molecule has 17 heavy (non-hydrogen) atoms. The Morgan fingerprint density at radius 1 is 1.53 bits per heavy atom. The van der Waals surface area contributed by atoms with E-state index in [4.69, 9.17) is 4.74 Å². The summed E-state index contributed by atoms with van der Waals surface area (Å²) in [6.45, 7) is 11.7. The number of nitrogens with zero attached hydrogens (tertiary/aromatic N) is 1. The number of carbonyl (C=O) groups is 1. The van der Waals surface area contributed by atoms with Gasteiger partial charge in [-0.25, -0.2) is 0 Å². The highest BCUT2D eigenvalue weighted by molar-refractivity contribution is 5.80. The van der Waals surface area contributed by atoms with Gasteiger partial charge in [-0.2, -0.15) is 0 Å². The maximum atomic E-state index is 12.2. The largest absolute Gasteiger partial charge is 0.465 e. The quantitative estimate of drug-likeness (QED) is 0.559. The highest BCUT2D eigenvalue weighted by Crippen LogP contribution is 2.24. The van der Waals surface area contributed by atoms with Gasteiger partial charge in [0.1, 0.15) is 5.54 Å². The first kappa shape index (κ1) is 14.2. The van der Waals surface area contributed by atoms with E-state index in [9.17, 15) is 4.79 Å². The molecule has 1 fully saturated rings. The highest BCUT2D eigenvalue weighted by atomic mass is 16.5. The summed E-state index contributed by atoms with van der Waals surface area (Å²) in [5.74, 6) is -0.108. The van der Waals surface area contributed by atoms with Crippen molar-refractivity contribution in [1.82, 2.24) is 10.2 Å². The van der Waals surface area contributed by atoms with Crippen molar-refractivity contribution in [3.8, 4) is 0 Å². The minimum absolute atomic E-state index is 0.108. The molecule has 0 radical (unpaired) electrons. The predicted octanol–water partition coefficient (Wildman–Crippen LogP) is 1.18. The van der Waals surface area contributed by atoms with Crippen LogP contribution in [-0.4, -0.2) is 49.2 Å². The van der Waals surface area contributed by atoms with Crippen LogP contribution in [0.25, 0.3) is 0 Å². The molecule has 0 aliphatic carbocycles. The van der Waals surface area contributed by atoms with Crippen molar-refractivity contribution in [1.29, 1.82) is 0 Å². The molecular formula is C13H24N2O2. The first-order valence-electron chi connectivity index (χ1n) is 6.39. The second kappa shape index (κ2) is 6.77. The van der Waals surface area contributed by atoms with E-state index in [-0.39, 0.29) is 5.97 Å². The van der Waals surface area contributed by atoms with Gasteiger partial charge in [0.25, 0.3) is 0 Å². The molecule has 0 aromatic carbocycles. The topological polar surface area (TPSA) is 41.6 Å². The minimum atomic E-state index is -0.508. The molecule has 1 heterocycles. The Kier molecular flexibility index (Phi) is 5.65. The Morgan fingerprint density at radius 3 is 2.71 bits per heavy atom. The van der Waals surface area contributed by atoms with Crippen molar-refractivity contribution in [3.05, 3.63) is 12.7 Å². The number of hydrogen-bond acceptors (Lipinski definition) is 4. The molecule has 1 atom stereocenters. The average molecular weight is 240 g/mol. The smallest absolute Gasteiger partial charge is 0.326 e. The van der Waals surface area contributed by atoms with Crippen LogP contribution in [0.1, 0.15) is 26.7 Å². The Balaban J connectivity index is 2.74. The lowest BCUT2D eigenvalue weighted by Crippen LogP contribution is -2.59. The summed E-state index contributed by atoms with van der Waals surface area (Å²) in [6.07, 6.45) is 3.47. The SMILES string of the molecule is C=CCCC(C)(C(=O)OCC)N1CCNCC1. The van der Waals surface area contributed by atoms with Crippen molar-refractivity contribution >= 4 is 5.97 Å². The van der Waals surface area contributed by atoms with E-state index in [2.05, 4.69) is 16.8 Å². The molecule has 1 unspecified atom stereocenters. The Labute approximate surface area is 104 Å². The number of hydrogen-bond donors (Lipinski definition) is 1. The maximum Gasteiger partial charge on any atom is 0.326 e. The van der Waals surface area contributed by atoms with Gasteiger partial charge in [0.05, 0.1) is 6.61 Å². The molecule has 0 aromatic rings. The summed E-state index contributed by atoms with van der Waals surface area (Å²) in [5, 5.41) is 3.30. The van der Waals surface area contributed by atoms with E-state index in [1.54, 1.807) is 0 Å². The molecule has 1 aliphatic rings. The van der Waals surface area contributed by atoms with E-state index in [1.807, 2.05) is 19.9 Å². The van der Waals surface area contributed by atoms with Gasteiger partial charge in [-0.1, -0.05) is 6.08 Å². The van der Waals surface area contributed by atoms with Crippen LogP contribution in [-0.2, 0) is 9.53 Å². The molecule has 1 N–H and O–H groups in total. The van der Waals surface area contributed by atoms with Crippen molar-refractivity contribution in [2.24, 2.45) is 0 Å². The molecule has 0 spiro atoms. The summed E-state index contributed by atoms with van der Waals surface area (Å²) >= 11 is 0. The molecular weight excluding hydrogens is 216 g/mol. The highest BCUT2D eigenvalue weighted by Gasteiger charge is 2.40. The van der Waals surface area contributed by atoms with Crippen molar-refractivity contribution in [3.63, 3.8) is 0 Å². The Bertz CT molecular complexity index is 262. The molecule has 98 valence electrons. The first-order chi connectivity index (χ1) is 8.15. The van der Waals surface area contributed by atoms with E-state index >= 15 is 0 Å². The van der Waals surface area contributed by atoms with Crippen molar-refractivity contribution in [2.75, 3.05) is 32.8 Å². The van der Waals surface area contributed by atoms with Crippen LogP contribution in [0.15, 0.2) is 12.7 Å². The van der Waals surface area contributed by atoms with Gasteiger partial charge >= 0.3 is 5.97 Å². The van der Waals surface area contributed by atoms with Gasteiger partial charge in [-0.3, -0.25) is 9.69 Å². The normalized spacial score (nSPS) is 20.6. The number of piperazine rings is 1. The zero-order valence-electron chi connectivity index (χ0n) is 11.0. The van der Waals surface area contributed by atoms with Crippen LogP contribution in [0, 0.1) is 0 Å². The minimum Gasteiger partial charge on any atom is -0.465 e. The number of ether oxygens (including phenoxy) is 1. The van der Waals surface area contributed by atoms with E-state index < -0.39 is 5.54 Å². The number of esters is 1. The zero-order valence-corrected chi connectivity index (χ0v) is 11.0. The number of allylic oxidation sites excluding steroid dienone is 1. The van der Waals surface area contributed by atoms with Gasteiger partial charge in [0, 0.05) is 26.2 Å². The molecule has 1 rings (SSSR count). The van der Waals surface area contributed by atoms with Crippen LogP contribution in [0.2, 0.25) is 0 Å². The molecule has 4 nitrogen and oxygen atoms in total. The molecule has 0 amide bonds. The second-order valence-corrected chi connectivity index (χ2v) is 4.56. The fourth-order valence-electron chi connectivity index (χ4n) is 2.22. The number of carbonyl (C=O) groups excluding carboxylic acids is 1. The third-order valence-corrected chi connectivity index (χ3v) is 3.37. The van der Waals surface area contributed by atoms with E-state index in [1.165, 1.54) is 0 Å². The monoisotopic (exact) mass is 240 g/mol. The summed E-state index contributed by atoms with van der Waals surface area (Å²) in [7, 11) is 0. The molecule has 1 aliphatic heterocycles. The molecule has 0 saturated carbocycles. The van der Waals surface area contributed by atoms with E-state index in [0.29, 0.717) is 6.61 Å². The Hall–Kier alpha value is -0.870. The summed E-state index contributed by atoms with van der Waals surface area (Å²) < 4.78 is 5.22. The van der Waals surface area contributed by atoms with Gasteiger partial charge < -0.3 is 10.1 Å². The summed E-state index contributed by atoms with van der Waals surface area (Å²) in [5.41, 5.74) is -0.508. The van der Waals surface area contributed by atoms with Crippen LogP contribution in [0.5, 0.6) is 0 Å². The Morgan fingerprint density at radius 2 is 2.18 bits per heavy atom. The fraction of sp³-hybridized carbons (Fsp3) is 0.769. The third-order valence-electron chi connectivity index (χ3n) is 3.37. The van der Waals surface area contributed by atoms with Crippen LogP contribution >= 0.6 is 0 Å². The van der Waals surface area contributed by atoms with E-state index in [0.717, 1.165) is 39.0 Å². The lowest BCUT2D eigenvalue weighted by Gasteiger charge is -2.41. The van der Waals surface area contributed by atoms with Crippen LogP contribution in [0.3, 0.4) is 0 Å². The zero-order chi connectivity index (χ0) is 12.7. The summed E-state index contributed by atoms with van der Waals surface area (Å²) in [4.78, 5) is 14.4. The van der Waals surface area contributed by atoms with Crippen molar-refractivity contribution in [2.45, 2.75) is 32.2 Å². The third kappa shape index (κ3) is 3.54. The first-order valence-corrected chi connectivity index (χ1v) is 6.39. The van der Waals surface area contributed by atoms with Gasteiger partial charge in [-0.05, 0) is 26.7 Å². The maximum absolute atomic E-state index is 12.2. The number of rotatable bonds is 6. The van der Waals surface area contributed by atoms with Crippen LogP contribution < -0.4 is 5.32 Å². The standard InChI is InChI=1S/C13H24N2O2/c1-4-6-7-13(3,12(16)17-5-2)15-10-8-14-9-11-15/h4,14H,1,5-11H2,2-3H3. The van der Waals surface area contributed by atoms with Gasteiger partial charge in [0.2, 0.25) is 0 Å². The second-order valence-electron chi connectivity index (χ2n) is 4.56. The molecule has 1 saturated heterocycles. The predicted molar refractivity (Wildman–Crippen MR) is 68.9 cm³/mol. The molecule has 4 heteroatoms. The number of nitrogens with one attached hydrogen (secondary N) is 1. The molecule has 0 aromatic heterocycles.